The van der Waals surface area contributed by atoms with Gasteiger partial charge in [-0.15, -0.1) is 0 Å². The molecular weight excluding hydrogens is 260 g/mol. The molecule has 1 amide bonds. The summed E-state index contributed by atoms with van der Waals surface area (Å²) in [6.07, 6.45) is 3.02. The van der Waals surface area contributed by atoms with E-state index in [0.29, 0.717) is 12.1 Å². The van der Waals surface area contributed by atoms with E-state index in [2.05, 4.69) is 10.4 Å². The minimum atomic E-state index is -0.516. The molecule has 1 aromatic heterocycles. The number of nitro groups is 1. The molecule has 104 valence electrons. The Bertz CT molecular complexity index is 663. The second-order valence-electron chi connectivity index (χ2n) is 4.32. The van der Waals surface area contributed by atoms with Crippen molar-refractivity contribution in [2.45, 2.75) is 20.4 Å². The lowest BCUT2D eigenvalue weighted by molar-refractivity contribution is -0.384. The standard InChI is InChI=1S/C13H14N4O3/c1-3-16-8-10(7-14-16)13(18)15-11-5-4-9(2)6-12(11)17(19)20/h4-8H,3H2,1-2H3,(H,15,18). The molecule has 0 unspecified atom stereocenters. The van der Waals surface area contributed by atoms with Gasteiger partial charge in [0.05, 0.1) is 16.7 Å². The van der Waals surface area contributed by atoms with Crippen molar-refractivity contribution >= 4 is 17.3 Å². The first-order valence-corrected chi connectivity index (χ1v) is 6.10. The minimum Gasteiger partial charge on any atom is -0.316 e. The first kappa shape index (κ1) is 13.7. The third-order valence-electron chi connectivity index (χ3n) is 2.82. The molecule has 20 heavy (non-hydrogen) atoms. The summed E-state index contributed by atoms with van der Waals surface area (Å²) in [6.45, 7) is 4.31. The number of carbonyl (C=O) groups is 1. The van der Waals surface area contributed by atoms with E-state index in [4.69, 9.17) is 0 Å². The molecule has 0 atom stereocenters. The summed E-state index contributed by atoms with van der Waals surface area (Å²) in [4.78, 5) is 22.5. The minimum absolute atomic E-state index is 0.124. The average Bonchev–Trinajstić information content (AvgIpc) is 2.89. The van der Waals surface area contributed by atoms with E-state index in [9.17, 15) is 14.9 Å². The largest absolute Gasteiger partial charge is 0.316 e. The van der Waals surface area contributed by atoms with E-state index in [1.54, 1.807) is 23.9 Å². The highest BCUT2D eigenvalue weighted by Gasteiger charge is 2.17. The zero-order valence-electron chi connectivity index (χ0n) is 11.2. The van der Waals surface area contributed by atoms with Gasteiger partial charge in [-0.2, -0.15) is 5.10 Å². The van der Waals surface area contributed by atoms with Gasteiger partial charge in [0.15, 0.2) is 0 Å². The molecule has 0 spiro atoms. The number of anilines is 1. The number of hydrogen-bond acceptors (Lipinski definition) is 4. The zero-order chi connectivity index (χ0) is 14.7. The van der Waals surface area contributed by atoms with Crippen molar-refractivity contribution in [3.63, 3.8) is 0 Å². The van der Waals surface area contributed by atoms with Crippen LogP contribution >= 0.6 is 0 Å². The molecule has 0 aliphatic rings. The Kier molecular flexibility index (Phi) is 3.79. The topological polar surface area (TPSA) is 90.1 Å². The fraction of sp³-hybridized carbons (Fsp3) is 0.231. The molecule has 7 heteroatoms. The van der Waals surface area contributed by atoms with Crippen LogP contribution in [0.4, 0.5) is 11.4 Å². The second-order valence-corrected chi connectivity index (χ2v) is 4.32. The molecule has 0 radical (unpaired) electrons. The molecule has 2 aromatic rings. The molecule has 0 saturated heterocycles. The van der Waals surface area contributed by atoms with E-state index < -0.39 is 10.8 Å². The Morgan fingerprint density at radius 1 is 1.50 bits per heavy atom. The van der Waals surface area contributed by atoms with E-state index in [-0.39, 0.29) is 11.4 Å². The van der Waals surface area contributed by atoms with Gasteiger partial charge in [0.1, 0.15) is 5.69 Å². The maximum absolute atomic E-state index is 12.0. The van der Waals surface area contributed by atoms with Crippen LogP contribution in [0.5, 0.6) is 0 Å². The van der Waals surface area contributed by atoms with E-state index in [1.165, 1.54) is 18.3 Å². The van der Waals surface area contributed by atoms with Crippen molar-refractivity contribution < 1.29 is 9.72 Å². The summed E-state index contributed by atoms with van der Waals surface area (Å²) in [6, 6.07) is 4.65. The van der Waals surface area contributed by atoms with Crippen LogP contribution in [0.2, 0.25) is 0 Å². The molecule has 0 aliphatic heterocycles. The first-order chi connectivity index (χ1) is 9.51. The number of nitrogens with zero attached hydrogens (tertiary/aromatic N) is 3. The Labute approximate surface area is 115 Å². The number of nitro benzene ring substituents is 1. The van der Waals surface area contributed by atoms with Crippen molar-refractivity contribution in [1.29, 1.82) is 0 Å². The predicted molar refractivity (Wildman–Crippen MR) is 73.7 cm³/mol. The maximum atomic E-state index is 12.0. The number of benzene rings is 1. The van der Waals surface area contributed by atoms with Gasteiger partial charge in [0, 0.05) is 18.8 Å². The number of amides is 1. The smallest absolute Gasteiger partial charge is 0.293 e. The van der Waals surface area contributed by atoms with Gasteiger partial charge in [-0.25, -0.2) is 0 Å². The molecule has 7 nitrogen and oxygen atoms in total. The molecule has 1 heterocycles. The van der Waals surface area contributed by atoms with Gasteiger partial charge < -0.3 is 5.32 Å². The summed E-state index contributed by atoms with van der Waals surface area (Å²) < 4.78 is 1.61. The van der Waals surface area contributed by atoms with Crippen molar-refractivity contribution in [1.82, 2.24) is 9.78 Å². The SMILES string of the molecule is CCn1cc(C(=O)Nc2ccc(C)cc2[N+](=O)[O-])cn1. The zero-order valence-corrected chi connectivity index (χ0v) is 11.2. The highest BCUT2D eigenvalue weighted by atomic mass is 16.6. The molecular formula is C13H14N4O3. The van der Waals surface area contributed by atoms with Crippen molar-refractivity contribution in [3.8, 4) is 0 Å². The highest BCUT2D eigenvalue weighted by Crippen LogP contribution is 2.25. The number of nitrogens with one attached hydrogen (secondary N) is 1. The molecule has 1 aromatic carbocycles. The number of aryl methyl sites for hydroxylation is 2. The monoisotopic (exact) mass is 274 g/mol. The normalized spacial score (nSPS) is 10.3. The Morgan fingerprint density at radius 3 is 2.85 bits per heavy atom. The fourth-order valence-corrected chi connectivity index (χ4v) is 1.75. The maximum Gasteiger partial charge on any atom is 0.293 e. The van der Waals surface area contributed by atoms with Crippen LogP contribution in [-0.4, -0.2) is 20.6 Å². The van der Waals surface area contributed by atoms with Crippen LogP contribution < -0.4 is 5.32 Å². The summed E-state index contributed by atoms with van der Waals surface area (Å²) in [5.41, 5.74) is 1.17. The Hall–Kier alpha value is -2.70. The van der Waals surface area contributed by atoms with Crippen molar-refractivity contribution in [2.24, 2.45) is 0 Å². The molecule has 0 fully saturated rings. The van der Waals surface area contributed by atoms with Crippen LogP contribution in [0.1, 0.15) is 22.8 Å². The Morgan fingerprint density at radius 2 is 2.25 bits per heavy atom. The van der Waals surface area contributed by atoms with Gasteiger partial charge in [0.25, 0.3) is 11.6 Å². The van der Waals surface area contributed by atoms with Crippen LogP contribution in [0, 0.1) is 17.0 Å². The van der Waals surface area contributed by atoms with Crippen LogP contribution in [0.15, 0.2) is 30.6 Å². The lowest BCUT2D eigenvalue weighted by Crippen LogP contribution is -2.12. The van der Waals surface area contributed by atoms with Gasteiger partial charge >= 0.3 is 0 Å². The lowest BCUT2D eigenvalue weighted by Gasteiger charge is -2.05. The molecule has 0 aliphatic carbocycles. The Balaban J connectivity index is 2.25. The van der Waals surface area contributed by atoms with Gasteiger partial charge in [0.2, 0.25) is 0 Å². The van der Waals surface area contributed by atoms with E-state index in [0.717, 1.165) is 5.56 Å². The molecule has 2 rings (SSSR count). The quantitative estimate of drug-likeness (QED) is 0.684. The van der Waals surface area contributed by atoms with E-state index in [1.807, 2.05) is 6.92 Å². The lowest BCUT2D eigenvalue weighted by atomic mass is 10.2. The highest BCUT2D eigenvalue weighted by molar-refractivity contribution is 6.05. The molecule has 0 bridgehead atoms. The number of aromatic nitrogens is 2. The first-order valence-electron chi connectivity index (χ1n) is 6.10. The summed E-state index contributed by atoms with van der Waals surface area (Å²) in [7, 11) is 0. The third kappa shape index (κ3) is 2.82. The summed E-state index contributed by atoms with van der Waals surface area (Å²) in [5, 5.41) is 17.5. The van der Waals surface area contributed by atoms with Crippen molar-refractivity contribution in [3.05, 3.63) is 51.8 Å². The van der Waals surface area contributed by atoms with Gasteiger partial charge in [-0.3, -0.25) is 19.6 Å². The summed E-state index contributed by atoms with van der Waals surface area (Å²) >= 11 is 0. The average molecular weight is 274 g/mol. The van der Waals surface area contributed by atoms with Crippen LogP contribution in [0.25, 0.3) is 0 Å². The molecule has 1 N–H and O–H groups in total. The van der Waals surface area contributed by atoms with Crippen LogP contribution in [0.3, 0.4) is 0 Å². The fourth-order valence-electron chi connectivity index (χ4n) is 1.75. The predicted octanol–water partition coefficient (Wildman–Crippen LogP) is 2.37. The number of hydrogen-bond donors (Lipinski definition) is 1. The van der Waals surface area contributed by atoms with E-state index >= 15 is 0 Å². The second kappa shape index (κ2) is 5.52. The van der Waals surface area contributed by atoms with Gasteiger partial charge in [-0.1, -0.05) is 6.07 Å². The van der Waals surface area contributed by atoms with Crippen molar-refractivity contribution in [2.75, 3.05) is 5.32 Å². The number of rotatable bonds is 4. The van der Waals surface area contributed by atoms with Crippen LogP contribution in [-0.2, 0) is 6.54 Å². The number of carbonyl (C=O) groups excluding carboxylic acids is 1. The summed E-state index contributed by atoms with van der Waals surface area (Å²) in [5.74, 6) is -0.420. The molecule has 0 saturated carbocycles. The third-order valence-corrected chi connectivity index (χ3v) is 2.82. The van der Waals surface area contributed by atoms with Gasteiger partial charge in [-0.05, 0) is 25.5 Å².